The van der Waals surface area contributed by atoms with Crippen LogP contribution in [-0.4, -0.2) is 17.6 Å². The second-order valence-corrected chi connectivity index (χ2v) is 6.63. The van der Waals surface area contributed by atoms with E-state index in [0.717, 1.165) is 27.1 Å². The van der Waals surface area contributed by atoms with E-state index in [-0.39, 0.29) is 17.2 Å². The average Bonchev–Trinajstić information content (AvgIpc) is 2.81. The molecule has 0 saturated heterocycles. The number of benzene rings is 2. The molecule has 124 valence electrons. The van der Waals surface area contributed by atoms with Gasteiger partial charge >= 0.3 is 4.87 Å². The van der Waals surface area contributed by atoms with Crippen molar-refractivity contribution >= 4 is 33.1 Å². The van der Waals surface area contributed by atoms with E-state index in [4.69, 9.17) is 4.74 Å². The molecule has 0 fully saturated rings. The molecule has 2 aromatic carbocycles. The Kier molecular flexibility index (Phi) is 4.40. The average molecular weight is 342 g/mol. The molecule has 3 rings (SSSR count). The smallest absolute Gasteiger partial charge is 0.307 e. The number of amides is 1. The van der Waals surface area contributed by atoms with Crippen LogP contribution in [-0.2, 0) is 18.3 Å². The Labute approximate surface area is 143 Å². The minimum absolute atomic E-state index is 0.0119. The van der Waals surface area contributed by atoms with Crippen LogP contribution in [0, 0.1) is 6.92 Å². The molecule has 0 atom stereocenters. The number of anilines is 1. The van der Waals surface area contributed by atoms with Gasteiger partial charge in [-0.25, -0.2) is 0 Å². The highest BCUT2D eigenvalue weighted by atomic mass is 32.1. The van der Waals surface area contributed by atoms with Gasteiger partial charge in [0, 0.05) is 12.7 Å². The van der Waals surface area contributed by atoms with E-state index in [9.17, 15) is 9.59 Å². The van der Waals surface area contributed by atoms with E-state index >= 15 is 0 Å². The maximum atomic E-state index is 12.2. The molecule has 0 bridgehead atoms. The first-order chi connectivity index (χ1) is 11.5. The summed E-state index contributed by atoms with van der Waals surface area (Å²) in [5.41, 5.74) is 3.49. The number of aryl methyl sites for hydroxylation is 2. The lowest BCUT2D eigenvalue weighted by Crippen LogP contribution is -2.14. The predicted octanol–water partition coefficient (Wildman–Crippen LogP) is 3.10. The van der Waals surface area contributed by atoms with Crippen molar-refractivity contribution in [1.29, 1.82) is 0 Å². The maximum Gasteiger partial charge on any atom is 0.307 e. The zero-order valence-corrected chi connectivity index (χ0v) is 14.6. The Balaban J connectivity index is 1.75. The standard InChI is InChI=1S/C18H18N2O3S/c1-11-8-12(4-7-15(11)23-3)9-17(21)19-13-5-6-14-16(10-13)24-18(22)20(14)2/h4-8,10H,9H2,1-3H3,(H,19,21). The summed E-state index contributed by atoms with van der Waals surface area (Å²) in [5, 5.41) is 2.88. The van der Waals surface area contributed by atoms with Crippen molar-refractivity contribution in [2.24, 2.45) is 7.05 Å². The molecule has 0 spiro atoms. The van der Waals surface area contributed by atoms with E-state index in [1.165, 1.54) is 11.3 Å². The number of carbonyl (C=O) groups is 1. The van der Waals surface area contributed by atoms with Gasteiger partial charge in [-0.1, -0.05) is 23.5 Å². The second-order valence-electron chi connectivity index (χ2n) is 5.64. The molecule has 24 heavy (non-hydrogen) atoms. The number of methoxy groups -OCH3 is 1. The summed E-state index contributed by atoms with van der Waals surface area (Å²) in [6, 6.07) is 11.2. The van der Waals surface area contributed by atoms with Crippen LogP contribution in [0.5, 0.6) is 5.75 Å². The lowest BCUT2D eigenvalue weighted by molar-refractivity contribution is -0.115. The number of thiazole rings is 1. The third-order valence-electron chi connectivity index (χ3n) is 3.90. The predicted molar refractivity (Wildman–Crippen MR) is 97.1 cm³/mol. The summed E-state index contributed by atoms with van der Waals surface area (Å²) in [6.45, 7) is 1.95. The molecule has 0 radical (unpaired) electrons. The molecule has 5 nitrogen and oxygen atoms in total. The van der Waals surface area contributed by atoms with E-state index in [1.54, 1.807) is 18.7 Å². The number of fused-ring (bicyclic) bond motifs is 1. The number of hydrogen-bond donors (Lipinski definition) is 1. The fraction of sp³-hybridized carbons (Fsp3) is 0.222. The zero-order valence-electron chi connectivity index (χ0n) is 13.8. The molecule has 0 aliphatic heterocycles. The van der Waals surface area contributed by atoms with Gasteiger partial charge in [-0.2, -0.15) is 0 Å². The first-order valence-corrected chi connectivity index (χ1v) is 8.32. The van der Waals surface area contributed by atoms with Gasteiger partial charge in [0.1, 0.15) is 5.75 Å². The molecule has 6 heteroatoms. The van der Waals surface area contributed by atoms with Crippen molar-refractivity contribution in [2.45, 2.75) is 13.3 Å². The Hall–Kier alpha value is -2.60. The molecule has 1 heterocycles. The highest BCUT2D eigenvalue weighted by Crippen LogP contribution is 2.22. The van der Waals surface area contributed by atoms with Crippen molar-refractivity contribution in [3.05, 3.63) is 57.2 Å². The van der Waals surface area contributed by atoms with Crippen LogP contribution < -0.4 is 14.9 Å². The Bertz CT molecular complexity index is 972. The van der Waals surface area contributed by atoms with Crippen molar-refractivity contribution in [3.63, 3.8) is 0 Å². The lowest BCUT2D eigenvalue weighted by atomic mass is 10.1. The third kappa shape index (κ3) is 3.19. The fourth-order valence-corrected chi connectivity index (χ4v) is 3.57. The number of ether oxygens (including phenoxy) is 1. The van der Waals surface area contributed by atoms with Crippen LogP contribution >= 0.6 is 11.3 Å². The Morgan fingerprint density at radius 3 is 2.75 bits per heavy atom. The maximum absolute atomic E-state index is 12.2. The minimum Gasteiger partial charge on any atom is -0.496 e. The number of aromatic nitrogens is 1. The van der Waals surface area contributed by atoms with Gasteiger partial charge in [0.25, 0.3) is 0 Å². The zero-order chi connectivity index (χ0) is 17.3. The molecular weight excluding hydrogens is 324 g/mol. The van der Waals surface area contributed by atoms with Crippen molar-refractivity contribution < 1.29 is 9.53 Å². The molecule has 0 aliphatic carbocycles. The van der Waals surface area contributed by atoms with E-state index in [0.29, 0.717) is 5.69 Å². The number of nitrogens with zero attached hydrogens (tertiary/aromatic N) is 1. The van der Waals surface area contributed by atoms with Crippen molar-refractivity contribution in [1.82, 2.24) is 4.57 Å². The summed E-state index contributed by atoms with van der Waals surface area (Å²) in [7, 11) is 3.37. The first-order valence-electron chi connectivity index (χ1n) is 7.51. The van der Waals surface area contributed by atoms with Crippen LogP contribution in [0.4, 0.5) is 5.69 Å². The molecule has 1 N–H and O–H groups in total. The normalized spacial score (nSPS) is 10.8. The Morgan fingerprint density at radius 2 is 2.04 bits per heavy atom. The topological polar surface area (TPSA) is 60.3 Å². The summed E-state index contributed by atoms with van der Waals surface area (Å²) in [4.78, 5) is 23.9. The van der Waals surface area contributed by atoms with Crippen molar-refractivity contribution in [3.8, 4) is 5.75 Å². The number of nitrogens with one attached hydrogen (secondary N) is 1. The van der Waals surface area contributed by atoms with Crippen molar-refractivity contribution in [2.75, 3.05) is 12.4 Å². The number of carbonyl (C=O) groups excluding carboxylic acids is 1. The van der Waals surface area contributed by atoms with E-state index in [1.807, 2.05) is 43.3 Å². The molecule has 0 aliphatic rings. The fourth-order valence-electron chi connectivity index (χ4n) is 2.65. The van der Waals surface area contributed by atoms with E-state index in [2.05, 4.69) is 5.32 Å². The highest BCUT2D eigenvalue weighted by Gasteiger charge is 2.09. The third-order valence-corrected chi connectivity index (χ3v) is 4.90. The summed E-state index contributed by atoms with van der Waals surface area (Å²) in [5.74, 6) is 0.714. The second kappa shape index (κ2) is 6.49. The Morgan fingerprint density at radius 1 is 1.25 bits per heavy atom. The van der Waals surface area contributed by atoms with Gasteiger partial charge in [0.05, 0.1) is 23.7 Å². The van der Waals surface area contributed by atoms with Gasteiger partial charge in [0.15, 0.2) is 0 Å². The summed E-state index contributed by atoms with van der Waals surface area (Å²) < 4.78 is 7.69. The molecule has 3 aromatic rings. The quantitative estimate of drug-likeness (QED) is 0.792. The molecule has 0 unspecified atom stereocenters. The van der Waals surface area contributed by atoms with Crippen LogP contribution in [0.2, 0.25) is 0 Å². The minimum atomic E-state index is -0.0952. The summed E-state index contributed by atoms with van der Waals surface area (Å²) in [6.07, 6.45) is 0.286. The van der Waals surface area contributed by atoms with Gasteiger partial charge in [-0.15, -0.1) is 0 Å². The van der Waals surface area contributed by atoms with Gasteiger partial charge < -0.3 is 14.6 Å². The summed E-state index contributed by atoms with van der Waals surface area (Å²) >= 11 is 1.17. The largest absolute Gasteiger partial charge is 0.496 e. The monoisotopic (exact) mass is 342 g/mol. The molecule has 0 saturated carbocycles. The van der Waals surface area contributed by atoms with Crippen LogP contribution in [0.3, 0.4) is 0 Å². The van der Waals surface area contributed by atoms with Gasteiger partial charge in [-0.3, -0.25) is 9.59 Å². The van der Waals surface area contributed by atoms with Gasteiger partial charge in [-0.05, 0) is 42.3 Å². The molecule has 1 aromatic heterocycles. The highest BCUT2D eigenvalue weighted by molar-refractivity contribution is 7.16. The van der Waals surface area contributed by atoms with Crippen LogP contribution in [0.25, 0.3) is 10.2 Å². The lowest BCUT2D eigenvalue weighted by Gasteiger charge is -2.08. The molecular formula is C18H18N2O3S. The number of hydrogen-bond acceptors (Lipinski definition) is 4. The molecule has 1 amide bonds. The van der Waals surface area contributed by atoms with E-state index < -0.39 is 0 Å². The van der Waals surface area contributed by atoms with Crippen LogP contribution in [0.1, 0.15) is 11.1 Å². The SMILES string of the molecule is COc1ccc(CC(=O)Nc2ccc3c(c2)sc(=O)n3C)cc1C. The van der Waals surface area contributed by atoms with Crippen LogP contribution in [0.15, 0.2) is 41.2 Å². The number of rotatable bonds is 4. The first kappa shape index (κ1) is 16.3. The van der Waals surface area contributed by atoms with Gasteiger partial charge in [0.2, 0.25) is 5.91 Å².